The Hall–Kier alpha value is -0.870. The van der Waals surface area contributed by atoms with Crippen LogP contribution in [0, 0.1) is 0 Å². The average molecular weight is 324 g/mol. The van der Waals surface area contributed by atoms with E-state index in [4.69, 9.17) is 10.7 Å². The molecule has 0 aliphatic rings. The molecule has 1 aromatic heterocycles. The first-order chi connectivity index (χ1) is 9.05. The van der Waals surface area contributed by atoms with Gasteiger partial charge in [-0.15, -0.1) is 0 Å². The first-order valence-electron chi connectivity index (χ1n) is 7.00. The molecule has 0 radical (unpaired) electrons. The Labute approximate surface area is 123 Å². The zero-order chi connectivity index (χ0) is 14.0. The maximum Gasteiger partial charge on any atom is 0.130 e. The molecular weight excluding hydrogens is 302 g/mol. The van der Waals surface area contributed by atoms with E-state index in [1.54, 1.807) is 0 Å². The number of hydrogen-bond acceptors (Lipinski definition) is 2. The van der Waals surface area contributed by atoms with Crippen LogP contribution < -0.4 is 5.73 Å². The molecule has 19 heavy (non-hydrogen) atoms. The number of halogens is 1. The molecule has 0 aliphatic heterocycles. The molecule has 0 saturated carbocycles. The van der Waals surface area contributed by atoms with Gasteiger partial charge in [-0.3, -0.25) is 0 Å². The summed E-state index contributed by atoms with van der Waals surface area (Å²) in [4.78, 5) is 4.81. The number of hydrogen-bond donors (Lipinski definition) is 1. The SMILES string of the molecule is CCCn1c(C(N)(CC)CC)nc2cc(Br)ccc21. The first-order valence-corrected chi connectivity index (χ1v) is 7.80. The number of imidazole rings is 1. The third kappa shape index (κ3) is 2.56. The van der Waals surface area contributed by atoms with Crippen molar-refractivity contribution in [2.24, 2.45) is 5.73 Å². The molecule has 0 atom stereocenters. The van der Waals surface area contributed by atoms with Gasteiger partial charge >= 0.3 is 0 Å². The smallest absolute Gasteiger partial charge is 0.130 e. The lowest BCUT2D eigenvalue weighted by molar-refractivity contribution is 0.370. The van der Waals surface area contributed by atoms with E-state index in [9.17, 15) is 0 Å². The number of fused-ring (bicyclic) bond motifs is 1. The van der Waals surface area contributed by atoms with Crippen LogP contribution in [0.25, 0.3) is 11.0 Å². The van der Waals surface area contributed by atoms with Crippen LogP contribution in [-0.2, 0) is 12.1 Å². The van der Waals surface area contributed by atoms with E-state index >= 15 is 0 Å². The van der Waals surface area contributed by atoms with Crippen LogP contribution in [0.3, 0.4) is 0 Å². The molecule has 4 heteroatoms. The summed E-state index contributed by atoms with van der Waals surface area (Å²) in [5.74, 6) is 1.02. The van der Waals surface area contributed by atoms with E-state index in [1.807, 2.05) is 0 Å². The van der Waals surface area contributed by atoms with Crippen molar-refractivity contribution in [3.63, 3.8) is 0 Å². The maximum absolute atomic E-state index is 6.56. The van der Waals surface area contributed by atoms with Crippen LogP contribution in [0.15, 0.2) is 22.7 Å². The van der Waals surface area contributed by atoms with Gasteiger partial charge in [0.05, 0.1) is 16.6 Å². The Bertz CT molecular complexity index is 570. The number of nitrogens with zero attached hydrogens (tertiary/aromatic N) is 2. The van der Waals surface area contributed by atoms with Gasteiger partial charge in [0.15, 0.2) is 0 Å². The van der Waals surface area contributed by atoms with E-state index < -0.39 is 0 Å². The standard InChI is InChI=1S/C15H22BrN3/c1-4-9-19-13-8-7-11(16)10-12(13)18-14(19)15(17,5-2)6-3/h7-8,10H,4-6,9,17H2,1-3H3. The highest BCUT2D eigenvalue weighted by molar-refractivity contribution is 9.10. The Morgan fingerprint density at radius 1 is 1.26 bits per heavy atom. The van der Waals surface area contributed by atoms with E-state index in [0.29, 0.717) is 0 Å². The zero-order valence-corrected chi connectivity index (χ0v) is 13.5. The van der Waals surface area contributed by atoms with E-state index in [-0.39, 0.29) is 5.54 Å². The van der Waals surface area contributed by atoms with Crippen molar-refractivity contribution in [3.8, 4) is 0 Å². The Morgan fingerprint density at radius 3 is 2.53 bits per heavy atom. The molecule has 0 fully saturated rings. The molecule has 2 rings (SSSR count). The predicted octanol–water partition coefficient (Wildman–Crippen LogP) is 4.18. The van der Waals surface area contributed by atoms with Crippen LogP contribution in [0.5, 0.6) is 0 Å². The fourth-order valence-corrected chi connectivity index (χ4v) is 2.85. The monoisotopic (exact) mass is 323 g/mol. The van der Waals surface area contributed by atoms with Gasteiger partial charge in [-0.1, -0.05) is 36.7 Å². The third-order valence-electron chi connectivity index (χ3n) is 3.86. The Morgan fingerprint density at radius 2 is 1.95 bits per heavy atom. The number of rotatable bonds is 5. The van der Waals surface area contributed by atoms with Gasteiger partial charge in [-0.25, -0.2) is 4.98 Å². The molecule has 3 nitrogen and oxygen atoms in total. The van der Waals surface area contributed by atoms with Crippen molar-refractivity contribution in [1.29, 1.82) is 0 Å². The van der Waals surface area contributed by atoms with Gasteiger partial charge in [0.25, 0.3) is 0 Å². The molecule has 0 saturated heterocycles. The molecule has 2 N–H and O–H groups in total. The van der Waals surface area contributed by atoms with Crippen molar-refractivity contribution < 1.29 is 0 Å². The molecule has 0 bridgehead atoms. The van der Waals surface area contributed by atoms with Crippen molar-refractivity contribution in [3.05, 3.63) is 28.5 Å². The lowest BCUT2D eigenvalue weighted by Gasteiger charge is -2.27. The number of nitrogens with two attached hydrogens (primary N) is 1. The Kier molecular flexibility index (Phi) is 4.31. The Balaban J connectivity index is 2.68. The van der Waals surface area contributed by atoms with Crippen LogP contribution in [0.2, 0.25) is 0 Å². The molecule has 1 heterocycles. The summed E-state index contributed by atoms with van der Waals surface area (Å²) in [6.45, 7) is 7.42. The summed E-state index contributed by atoms with van der Waals surface area (Å²) in [6.07, 6.45) is 2.88. The van der Waals surface area contributed by atoms with Gasteiger partial charge in [-0.2, -0.15) is 0 Å². The highest BCUT2D eigenvalue weighted by Crippen LogP contribution is 2.30. The first kappa shape index (κ1) is 14.5. The molecule has 0 unspecified atom stereocenters. The molecule has 104 valence electrons. The largest absolute Gasteiger partial charge is 0.326 e. The quantitative estimate of drug-likeness (QED) is 0.896. The predicted molar refractivity (Wildman–Crippen MR) is 84.2 cm³/mol. The van der Waals surface area contributed by atoms with Gasteiger partial charge in [0.1, 0.15) is 5.82 Å². The highest BCUT2D eigenvalue weighted by atomic mass is 79.9. The minimum atomic E-state index is -0.333. The number of aryl methyl sites for hydroxylation is 1. The second-order valence-electron chi connectivity index (χ2n) is 5.08. The van der Waals surface area contributed by atoms with Gasteiger partial charge in [0, 0.05) is 11.0 Å². The second-order valence-corrected chi connectivity index (χ2v) is 6.00. The van der Waals surface area contributed by atoms with Gasteiger partial charge in [0.2, 0.25) is 0 Å². The molecule has 0 amide bonds. The summed E-state index contributed by atoms with van der Waals surface area (Å²) in [7, 11) is 0. The van der Waals surface area contributed by atoms with Crippen molar-refractivity contribution in [2.45, 2.75) is 52.1 Å². The molecular formula is C15H22BrN3. The summed E-state index contributed by atoms with van der Waals surface area (Å²) >= 11 is 3.51. The fourth-order valence-electron chi connectivity index (χ4n) is 2.50. The molecule has 2 aromatic rings. The lowest BCUT2D eigenvalue weighted by Crippen LogP contribution is -2.38. The van der Waals surface area contributed by atoms with Crippen molar-refractivity contribution in [2.75, 3.05) is 0 Å². The summed E-state index contributed by atoms with van der Waals surface area (Å²) in [5.41, 5.74) is 8.42. The molecule has 0 aliphatic carbocycles. The summed E-state index contributed by atoms with van der Waals surface area (Å²) in [5, 5.41) is 0. The topological polar surface area (TPSA) is 43.8 Å². The van der Waals surface area contributed by atoms with Crippen LogP contribution in [0.4, 0.5) is 0 Å². The van der Waals surface area contributed by atoms with Crippen molar-refractivity contribution >= 4 is 27.0 Å². The number of aromatic nitrogens is 2. The molecule has 1 aromatic carbocycles. The number of benzene rings is 1. The minimum absolute atomic E-state index is 0.333. The van der Waals surface area contributed by atoms with E-state index in [2.05, 4.69) is 59.5 Å². The highest BCUT2D eigenvalue weighted by Gasteiger charge is 2.29. The van der Waals surface area contributed by atoms with E-state index in [1.165, 1.54) is 5.52 Å². The van der Waals surface area contributed by atoms with Crippen LogP contribution >= 0.6 is 15.9 Å². The third-order valence-corrected chi connectivity index (χ3v) is 4.36. The second kappa shape index (κ2) is 5.63. The van der Waals surface area contributed by atoms with Crippen LogP contribution in [-0.4, -0.2) is 9.55 Å². The van der Waals surface area contributed by atoms with E-state index in [0.717, 1.165) is 41.6 Å². The molecule has 0 spiro atoms. The maximum atomic E-state index is 6.56. The normalized spacial score (nSPS) is 12.3. The lowest BCUT2D eigenvalue weighted by atomic mass is 9.93. The fraction of sp³-hybridized carbons (Fsp3) is 0.533. The summed E-state index contributed by atoms with van der Waals surface area (Å²) < 4.78 is 3.35. The summed E-state index contributed by atoms with van der Waals surface area (Å²) in [6, 6.07) is 6.25. The minimum Gasteiger partial charge on any atom is -0.326 e. The van der Waals surface area contributed by atoms with Gasteiger partial charge in [-0.05, 0) is 37.5 Å². The zero-order valence-electron chi connectivity index (χ0n) is 11.9. The average Bonchev–Trinajstić information content (AvgIpc) is 2.77. The van der Waals surface area contributed by atoms with Gasteiger partial charge < -0.3 is 10.3 Å². The van der Waals surface area contributed by atoms with Crippen molar-refractivity contribution in [1.82, 2.24) is 9.55 Å². The van der Waals surface area contributed by atoms with Crippen LogP contribution in [0.1, 0.15) is 45.9 Å².